The van der Waals surface area contributed by atoms with Crippen LogP contribution in [0.2, 0.25) is 0 Å². The summed E-state index contributed by atoms with van der Waals surface area (Å²) in [5, 5.41) is 7.77. The predicted octanol–water partition coefficient (Wildman–Crippen LogP) is 2.22. The second kappa shape index (κ2) is 11.8. The molecule has 1 aromatic heterocycles. The molecular weight excluding hydrogens is 514 g/mol. The number of aromatic nitrogens is 1. The van der Waals surface area contributed by atoms with E-state index in [2.05, 4.69) is 20.4 Å². The number of hydrogen-bond acceptors (Lipinski definition) is 9. The summed E-state index contributed by atoms with van der Waals surface area (Å²) in [5.41, 5.74) is 0.706. The van der Waals surface area contributed by atoms with E-state index in [1.165, 1.54) is 11.3 Å². The van der Waals surface area contributed by atoms with Crippen LogP contribution in [0.25, 0.3) is 0 Å². The lowest BCUT2D eigenvalue weighted by molar-refractivity contribution is -0.122. The molecule has 2 aliphatic heterocycles. The van der Waals surface area contributed by atoms with Crippen LogP contribution in [0.5, 0.6) is 0 Å². The minimum Gasteiger partial charge on any atom is -0.389 e. The highest BCUT2D eigenvalue weighted by molar-refractivity contribution is 7.86. The molecular formula is C25H31N5O5S2. The molecule has 2 aromatic rings. The zero-order chi connectivity index (χ0) is 25.8. The Kier molecular flexibility index (Phi) is 8.28. The Balaban J connectivity index is 1.26. The SMILES string of the molecule is C[C@H]1CN(Cc2cnc(NC(=O)/C(=N/O[C@@H]3CCOC3)c3ccc(S(=O)C4CC4)cc3)s2)CCN1C=O. The van der Waals surface area contributed by atoms with E-state index in [4.69, 9.17) is 9.57 Å². The van der Waals surface area contributed by atoms with Crippen LogP contribution in [-0.2, 0) is 36.5 Å². The molecule has 0 radical (unpaired) electrons. The molecule has 198 valence electrons. The van der Waals surface area contributed by atoms with Gasteiger partial charge in [0.2, 0.25) is 6.41 Å². The molecule has 12 heteroatoms. The fourth-order valence-electron chi connectivity index (χ4n) is 4.33. The van der Waals surface area contributed by atoms with Gasteiger partial charge in [-0.2, -0.15) is 0 Å². The van der Waals surface area contributed by atoms with Crippen LogP contribution in [0.4, 0.5) is 5.13 Å². The second-order valence-electron chi connectivity index (χ2n) is 9.57. The van der Waals surface area contributed by atoms with Crippen molar-refractivity contribution in [3.8, 4) is 0 Å². The molecule has 1 aromatic carbocycles. The van der Waals surface area contributed by atoms with Gasteiger partial charge in [0.1, 0.15) is 0 Å². The summed E-state index contributed by atoms with van der Waals surface area (Å²) >= 11 is 1.41. The molecule has 3 atom stereocenters. The number of ether oxygens (including phenoxy) is 1. The first kappa shape index (κ1) is 26.0. The van der Waals surface area contributed by atoms with Gasteiger partial charge in [-0.15, -0.1) is 11.3 Å². The molecule has 3 heterocycles. The summed E-state index contributed by atoms with van der Waals surface area (Å²) in [6.45, 7) is 6.07. The highest BCUT2D eigenvalue weighted by atomic mass is 32.2. The minimum absolute atomic E-state index is 0.131. The van der Waals surface area contributed by atoms with Gasteiger partial charge in [0.25, 0.3) is 5.91 Å². The number of carbonyl (C=O) groups is 2. The highest BCUT2D eigenvalue weighted by Gasteiger charge is 2.29. The number of nitrogens with zero attached hydrogens (tertiary/aromatic N) is 4. The number of anilines is 1. The number of piperazine rings is 1. The van der Waals surface area contributed by atoms with Crippen LogP contribution >= 0.6 is 11.3 Å². The number of carbonyl (C=O) groups excluding carboxylic acids is 2. The Labute approximate surface area is 222 Å². The number of oxime groups is 1. The highest BCUT2D eigenvalue weighted by Crippen LogP contribution is 2.30. The number of thiazole rings is 1. The van der Waals surface area contributed by atoms with Crippen LogP contribution in [0.3, 0.4) is 0 Å². The molecule has 1 aliphatic carbocycles. The Bertz CT molecular complexity index is 1160. The van der Waals surface area contributed by atoms with Crippen molar-refractivity contribution in [3.63, 3.8) is 0 Å². The number of hydrogen-bond donors (Lipinski definition) is 1. The Morgan fingerprint density at radius 3 is 2.78 bits per heavy atom. The molecule has 37 heavy (non-hydrogen) atoms. The molecule has 5 rings (SSSR count). The van der Waals surface area contributed by atoms with Gasteiger partial charge in [0, 0.05) is 65.4 Å². The molecule has 0 bridgehead atoms. The average Bonchev–Trinajstić information content (AvgIpc) is 3.45. The fourth-order valence-corrected chi connectivity index (χ4v) is 6.54. The standard InChI is InChI=1S/C25H31N5O5S2/c1-17-13-29(9-10-30(17)16-31)14-20-12-26-25(36-20)27-24(32)23(28-35-19-8-11-34-15-19)18-2-4-21(5-3-18)37(33)22-6-7-22/h2-5,12,16-17,19,22H,6-11,13-15H2,1H3,(H,26,27,32)/b28-23+/t17-,19+,37?/m0/s1. The zero-order valence-corrected chi connectivity index (χ0v) is 22.3. The Hall–Kier alpha value is -2.67. The Morgan fingerprint density at radius 1 is 1.30 bits per heavy atom. The first-order valence-electron chi connectivity index (χ1n) is 12.5. The Morgan fingerprint density at radius 2 is 2.11 bits per heavy atom. The first-order valence-corrected chi connectivity index (χ1v) is 14.5. The van der Waals surface area contributed by atoms with Gasteiger partial charge in [-0.1, -0.05) is 17.3 Å². The minimum atomic E-state index is -1.02. The van der Waals surface area contributed by atoms with E-state index in [-0.39, 0.29) is 23.1 Å². The topological polar surface area (TPSA) is 113 Å². The van der Waals surface area contributed by atoms with Crippen molar-refractivity contribution in [2.75, 3.05) is 38.2 Å². The van der Waals surface area contributed by atoms with Crippen LogP contribution < -0.4 is 5.32 Å². The summed E-state index contributed by atoms with van der Waals surface area (Å²) in [7, 11) is -1.02. The third kappa shape index (κ3) is 6.61. The van der Waals surface area contributed by atoms with E-state index in [1.807, 2.05) is 11.8 Å². The number of amides is 2. The van der Waals surface area contributed by atoms with E-state index in [9.17, 15) is 13.8 Å². The van der Waals surface area contributed by atoms with E-state index in [1.54, 1.807) is 30.5 Å². The van der Waals surface area contributed by atoms with Crippen molar-refractivity contribution < 1.29 is 23.4 Å². The van der Waals surface area contributed by atoms with Gasteiger partial charge in [-0.3, -0.25) is 24.0 Å². The van der Waals surface area contributed by atoms with Crippen LogP contribution in [0, 0.1) is 0 Å². The zero-order valence-electron chi connectivity index (χ0n) is 20.7. The lowest BCUT2D eigenvalue weighted by Crippen LogP contribution is -2.50. The van der Waals surface area contributed by atoms with Gasteiger partial charge in [-0.05, 0) is 31.9 Å². The van der Waals surface area contributed by atoms with Crippen molar-refractivity contribution in [2.24, 2.45) is 5.16 Å². The number of rotatable bonds is 10. The summed E-state index contributed by atoms with van der Waals surface area (Å²) in [4.78, 5) is 40.3. The molecule has 10 nitrogen and oxygen atoms in total. The van der Waals surface area contributed by atoms with Crippen LogP contribution in [0.1, 0.15) is 36.6 Å². The van der Waals surface area contributed by atoms with E-state index >= 15 is 0 Å². The van der Waals surface area contributed by atoms with E-state index in [0.717, 1.165) is 42.1 Å². The predicted molar refractivity (Wildman–Crippen MR) is 141 cm³/mol. The molecule has 1 N–H and O–H groups in total. The lowest BCUT2D eigenvalue weighted by Gasteiger charge is -2.37. The maximum absolute atomic E-state index is 13.3. The molecule has 2 amide bonds. The van der Waals surface area contributed by atoms with Gasteiger partial charge in [0.05, 0.1) is 24.0 Å². The monoisotopic (exact) mass is 545 g/mol. The molecule has 1 saturated carbocycles. The second-order valence-corrected chi connectivity index (χ2v) is 12.4. The smallest absolute Gasteiger partial charge is 0.280 e. The van der Waals surface area contributed by atoms with Crippen LogP contribution in [0.15, 0.2) is 40.5 Å². The summed E-state index contributed by atoms with van der Waals surface area (Å²) in [6.07, 6.45) is 5.17. The third-order valence-electron chi connectivity index (χ3n) is 6.64. The summed E-state index contributed by atoms with van der Waals surface area (Å²) in [5.74, 6) is -0.427. The van der Waals surface area contributed by atoms with E-state index in [0.29, 0.717) is 43.4 Å². The van der Waals surface area contributed by atoms with E-state index < -0.39 is 16.7 Å². The molecule has 0 spiro atoms. The molecule has 3 fully saturated rings. The van der Waals surface area contributed by atoms with Crippen molar-refractivity contribution in [2.45, 2.75) is 55.0 Å². The fraction of sp³-hybridized carbons (Fsp3) is 0.520. The first-order chi connectivity index (χ1) is 18.0. The van der Waals surface area contributed by atoms with Crippen LogP contribution in [-0.4, -0.2) is 87.3 Å². The normalized spacial score (nSPS) is 23.6. The average molecular weight is 546 g/mol. The number of nitrogens with one attached hydrogen (secondary N) is 1. The quantitative estimate of drug-likeness (QED) is 0.277. The van der Waals surface area contributed by atoms with Crippen molar-refractivity contribution in [1.82, 2.24) is 14.8 Å². The van der Waals surface area contributed by atoms with Gasteiger partial charge in [0.15, 0.2) is 16.9 Å². The lowest BCUT2D eigenvalue weighted by atomic mass is 10.1. The molecule has 1 unspecified atom stereocenters. The maximum Gasteiger partial charge on any atom is 0.280 e. The van der Waals surface area contributed by atoms with Gasteiger partial charge < -0.3 is 14.5 Å². The summed E-state index contributed by atoms with van der Waals surface area (Å²) < 4.78 is 17.8. The van der Waals surface area contributed by atoms with Crippen molar-refractivity contribution in [1.29, 1.82) is 0 Å². The molecule has 2 saturated heterocycles. The maximum atomic E-state index is 13.3. The number of benzene rings is 1. The van der Waals surface area contributed by atoms with Crippen molar-refractivity contribution in [3.05, 3.63) is 40.9 Å². The van der Waals surface area contributed by atoms with Gasteiger partial charge in [-0.25, -0.2) is 4.98 Å². The van der Waals surface area contributed by atoms with Gasteiger partial charge >= 0.3 is 0 Å². The molecule has 3 aliphatic rings. The largest absolute Gasteiger partial charge is 0.389 e. The third-order valence-corrected chi connectivity index (χ3v) is 9.35. The summed E-state index contributed by atoms with van der Waals surface area (Å²) in [6, 6.07) is 7.26. The van der Waals surface area contributed by atoms with Crippen molar-refractivity contribution >= 4 is 45.3 Å².